The van der Waals surface area contributed by atoms with Crippen molar-refractivity contribution in [3.8, 4) is 5.75 Å². The zero-order chi connectivity index (χ0) is 12.8. The fourth-order valence-corrected chi connectivity index (χ4v) is 2.63. The molecule has 0 spiro atoms. The maximum Gasteiger partial charge on any atom is 0.255 e. The van der Waals surface area contributed by atoms with Crippen molar-refractivity contribution >= 4 is 5.91 Å². The van der Waals surface area contributed by atoms with Crippen molar-refractivity contribution in [2.24, 2.45) is 11.3 Å². The third kappa shape index (κ3) is 2.07. The Kier molecular flexibility index (Phi) is 2.54. The van der Waals surface area contributed by atoms with E-state index in [0.717, 1.165) is 18.1 Å². The molecule has 96 valence electrons. The average molecular weight is 249 g/mol. The quantitative estimate of drug-likeness (QED) is 0.861. The van der Waals surface area contributed by atoms with Gasteiger partial charge >= 0.3 is 0 Å². The van der Waals surface area contributed by atoms with Gasteiger partial charge in [-0.15, -0.1) is 0 Å². The number of hydrogen-bond donors (Lipinski definition) is 2. The van der Waals surface area contributed by atoms with Gasteiger partial charge < -0.3 is 10.4 Å². The number of carbonyl (C=O) groups excluding carboxylic acids is 1. The Bertz CT molecular complexity index is 493. The molecule has 0 unspecified atom stereocenters. The molecule has 0 aromatic heterocycles. The fourth-order valence-electron chi connectivity index (χ4n) is 2.63. The van der Waals surface area contributed by atoms with Crippen molar-refractivity contribution in [1.82, 2.24) is 5.32 Å². The van der Waals surface area contributed by atoms with E-state index in [1.165, 1.54) is 31.7 Å². The molecule has 1 aromatic carbocycles. The van der Waals surface area contributed by atoms with E-state index in [4.69, 9.17) is 0 Å². The molecule has 18 heavy (non-hydrogen) atoms. The fraction of sp³-hybridized carbons (Fsp3) is 0.500. The maximum atomic E-state index is 13.0. The lowest BCUT2D eigenvalue weighted by atomic mass is 10.0. The van der Waals surface area contributed by atoms with Crippen LogP contribution in [0.3, 0.4) is 0 Å². The van der Waals surface area contributed by atoms with E-state index in [-0.39, 0.29) is 17.2 Å². The van der Waals surface area contributed by atoms with Crippen LogP contribution < -0.4 is 5.32 Å². The molecular formula is C14H16FNO2. The van der Waals surface area contributed by atoms with E-state index in [1.54, 1.807) is 0 Å². The smallest absolute Gasteiger partial charge is 0.255 e. The number of aromatic hydroxyl groups is 1. The van der Waals surface area contributed by atoms with Crippen LogP contribution in [0, 0.1) is 17.2 Å². The summed E-state index contributed by atoms with van der Waals surface area (Å²) in [5, 5.41) is 12.4. The lowest BCUT2D eigenvalue weighted by molar-refractivity contribution is 0.0939. The van der Waals surface area contributed by atoms with Crippen LogP contribution in [-0.2, 0) is 0 Å². The molecule has 3 rings (SSSR count). The summed E-state index contributed by atoms with van der Waals surface area (Å²) < 4.78 is 13.0. The molecule has 0 atom stereocenters. The highest BCUT2D eigenvalue weighted by Gasteiger charge is 2.53. The lowest BCUT2D eigenvalue weighted by Crippen LogP contribution is -2.31. The predicted molar refractivity (Wildman–Crippen MR) is 64.8 cm³/mol. The lowest BCUT2D eigenvalue weighted by Gasteiger charge is -2.15. The number of amides is 1. The van der Waals surface area contributed by atoms with Gasteiger partial charge in [0.1, 0.15) is 11.6 Å². The summed E-state index contributed by atoms with van der Waals surface area (Å²) in [6, 6.07) is 3.41. The van der Waals surface area contributed by atoms with Crippen molar-refractivity contribution in [2.45, 2.75) is 25.7 Å². The monoisotopic (exact) mass is 249 g/mol. The molecule has 2 N–H and O–H groups in total. The highest BCUT2D eigenvalue weighted by atomic mass is 19.1. The van der Waals surface area contributed by atoms with Gasteiger partial charge in [-0.2, -0.15) is 0 Å². The first-order valence-corrected chi connectivity index (χ1v) is 6.37. The molecule has 0 bridgehead atoms. The minimum absolute atomic E-state index is 0.0154. The summed E-state index contributed by atoms with van der Waals surface area (Å²) in [4.78, 5) is 11.9. The second-order valence-electron chi connectivity index (χ2n) is 5.48. The summed E-state index contributed by atoms with van der Waals surface area (Å²) in [6.07, 6.45) is 4.88. The van der Waals surface area contributed by atoms with Gasteiger partial charge in [0.05, 0.1) is 5.56 Å². The molecule has 0 heterocycles. The number of nitrogens with one attached hydrogen (secondary N) is 1. The standard InChI is InChI=1S/C14H16FNO2/c15-10-3-4-12(17)11(7-10)13(18)16-8-14(5-6-14)9-1-2-9/h3-4,7,9,17H,1-2,5-6,8H2,(H,16,18). The van der Waals surface area contributed by atoms with Gasteiger partial charge in [-0.1, -0.05) is 0 Å². The van der Waals surface area contributed by atoms with Crippen LogP contribution >= 0.6 is 0 Å². The van der Waals surface area contributed by atoms with Gasteiger partial charge in [-0.3, -0.25) is 4.79 Å². The molecule has 1 aromatic rings. The van der Waals surface area contributed by atoms with Crippen molar-refractivity contribution in [3.05, 3.63) is 29.6 Å². The molecule has 0 saturated heterocycles. The van der Waals surface area contributed by atoms with Crippen molar-refractivity contribution < 1.29 is 14.3 Å². The van der Waals surface area contributed by atoms with Crippen LogP contribution in [0.5, 0.6) is 5.75 Å². The highest BCUT2D eigenvalue weighted by Crippen LogP contribution is 2.60. The van der Waals surface area contributed by atoms with E-state index in [9.17, 15) is 14.3 Å². The number of rotatable bonds is 4. The molecular weight excluding hydrogens is 233 g/mol. The minimum Gasteiger partial charge on any atom is -0.507 e. The number of halogens is 1. The molecule has 2 saturated carbocycles. The van der Waals surface area contributed by atoms with Gasteiger partial charge in [0.25, 0.3) is 5.91 Å². The van der Waals surface area contributed by atoms with Crippen molar-refractivity contribution in [2.75, 3.05) is 6.54 Å². The molecule has 0 radical (unpaired) electrons. The van der Waals surface area contributed by atoms with E-state index in [2.05, 4.69) is 5.32 Å². The molecule has 4 heteroatoms. The van der Waals surface area contributed by atoms with Gasteiger partial charge in [-0.05, 0) is 55.2 Å². The topological polar surface area (TPSA) is 49.3 Å². The van der Waals surface area contributed by atoms with Crippen LogP contribution in [0.25, 0.3) is 0 Å². The summed E-state index contributed by atoms with van der Waals surface area (Å²) in [5.74, 6) is -0.315. The van der Waals surface area contributed by atoms with Crippen LogP contribution in [0.4, 0.5) is 4.39 Å². The SMILES string of the molecule is O=C(NCC1(C2CC2)CC1)c1cc(F)ccc1O. The summed E-state index contributed by atoms with van der Waals surface area (Å²) in [7, 11) is 0. The van der Waals surface area contributed by atoms with Crippen LogP contribution in [-0.4, -0.2) is 17.6 Å². The summed E-state index contributed by atoms with van der Waals surface area (Å²) >= 11 is 0. The number of phenolic OH excluding ortho intramolecular Hbond substituents is 1. The van der Waals surface area contributed by atoms with Crippen LogP contribution in [0.2, 0.25) is 0 Å². The third-order valence-corrected chi connectivity index (χ3v) is 4.14. The predicted octanol–water partition coefficient (Wildman–Crippen LogP) is 2.45. The van der Waals surface area contributed by atoms with Crippen LogP contribution in [0.1, 0.15) is 36.0 Å². The molecule has 2 fully saturated rings. The van der Waals surface area contributed by atoms with E-state index in [1.807, 2.05) is 0 Å². The van der Waals surface area contributed by atoms with Crippen LogP contribution in [0.15, 0.2) is 18.2 Å². The molecule has 0 aliphatic heterocycles. The second-order valence-corrected chi connectivity index (χ2v) is 5.48. The Hall–Kier alpha value is -1.58. The first kappa shape index (κ1) is 11.5. The van der Waals surface area contributed by atoms with Gasteiger partial charge in [-0.25, -0.2) is 4.39 Å². The number of benzene rings is 1. The summed E-state index contributed by atoms with van der Waals surface area (Å²) in [6.45, 7) is 0.645. The zero-order valence-electron chi connectivity index (χ0n) is 10.1. The Morgan fingerprint density at radius 3 is 2.78 bits per heavy atom. The number of hydrogen-bond acceptors (Lipinski definition) is 2. The Balaban J connectivity index is 1.65. The van der Waals surface area contributed by atoms with Gasteiger partial charge in [0.2, 0.25) is 0 Å². The average Bonchev–Trinajstić information content (AvgIpc) is 3.21. The molecule has 2 aliphatic carbocycles. The Morgan fingerprint density at radius 1 is 1.44 bits per heavy atom. The normalized spacial score (nSPS) is 20.5. The van der Waals surface area contributed by atoms with E-state index < -0.39 is 5.82 Å². The third-order valence-electron chi connectivity index (χ3n) is 4.14. The first-order chi connectivity index (χ1) is 8.61. The number of phenols is 1. The summed E-state index contributed by atoms with van der Waals surface area (Å²) in [5.41, 5.74) is 0.320. The van der Waals surface area contributed by atoms with E-state index >= 15 is 0 Å². The van der Waals surface area contributed by atoms with E-state index in [0.29, 0.717) is 12.0 Å². The van der Waals surface area contributed by atoms with Crippen molar-refractivity contribution in [1.29, 1.82) is 0 Å². The highest BCUT2D eigenvalue weighted by molar-refractivity contribution is 5.96. The minimum atomic E-state index is -0.513. The maximum absolute atomic E-state index is 13.0. The Labute approximate surface area is 105 Å². The van der Waals surface area contributed by atoms with Gasteiger partial charge in [0, 0.05) is 6.54 Å². The molecule has 3 nitrogen and oxygen atoms in total. The number of carbonyl (C=O) groups is 1. The van der Waals surface area contributed by atoms with Crippen molar-refractivity contribution in [3.63, 3.8) is 0 Å². The molecule has 2 aliphatic rings. The largest absolute Gasteiger partial charge is 0.507 e. The second kappa shape index (κ2) is 3.97. The Morgan fingerprint density at radius 2 is 2.17 bits per heavy atom. The zero-order valence-corrected chi connectivity index (χ0v) is 10.1. The van der Waals surface area contributed by atoms with Gasteiger partial charge in [0.15, 0.2) is 0 Å². The molecule has 1 amide bonds. The first-order valence-electron chi connectivity index (χ1n) is 6.37.